The minimum Gasteiger partial charge on any atom is -0.450 e. The fourth-order valence-corrected chi connectivity index (χ4v) is 5.26. The maximum atomic E-state index is 14.3. The summed E-state index contributed by atoms with van der Waals surface area (Å²) in [5.41, 5.74) is 0.611. The molecule has 7 heteroatoms. The van der Waals surface area contributed by atoms with E-state index in [0.717, 1.165) is 5.56 Å². The average Bonchev–Trinajstić information content (AvgIpc) is 3.22. The number of carbonyl (C=O) groups excluding carboxylic acids is 2. The van der Waals surface area contributed by atoms with Crippen molar-refractivity contribution >= 4 is 28.5 Å². The third kappa shape index (κ3) is 3.26. The van der Waals surface area contributed by atoms with Gasteiger partial charge in [0, 0.05) is 25.3 Å². The van der Waals surface area contributed by atoms with E-state index in [1.807, 2.05) is 51.1 Å². The molecule has 1 atom stereocenters. The number of anilines is 1. The highest BCUT2D eigenvalue weighted by Crippen LogP contribution is 2.52. The van der Waals surface area contributed by atoms with Crippen LogP contribution in [0.3, 0.4) is 0 Å². The number of carbonyl (C=O) groups is 2. The molecule has 0 radical (unpaired) electrons. The number of aryl methyl sites for hydroxylation is 1. The molecule has 1 unspecified atom stereocenters. The molecule has 0 N–H and O–H groups in total. The van der Waals surface area contributed by atoms with Gasteiger partial charge in [-0.25, -0.2) is 0 Å². The first-order valence-electron chi connectivity index (χ1n) is 11.9. The highest BCUT2D eigenvalue weighted by molar-refractivity contribution is 6.17. The van der Waals surface area contributed by atoms with Crippen LogP contribution in [0.2, 0.25) is 0 Å². The van der Waals surface area contributed by atoms with Crippen LogP contribution in [0.1, 0.15) is 47.5 Å². The highest BCUT2D eigenvalue weighted by atomic mass is 16.5. The molecule has 0 bridgehead atoms. The topological polar surface area (TPSA) is 80.1 Å². The van der Waals surface area contributed by atoms with Crippen LogP contribution in [-0.2, 0) is 15.1 Å². The summed E-state index contributed by atoms with van der Waals surface area (Å²) in [6.45, 7) is 10.5. The van der Waals surface area contributed by atoms with Gasteiger partial charge >= 0.3 is 0 Å². The van der Waals surface area contributed by atoms with Gasteiger partial charge in [0.1, 0.15) is 5.58 Å². The quantitative estimate of drug-likeness (QED) is 0.381. The Balaban J connectivity index is 1.78. The van der Waals surface area contributed by atoms with Crippen molar-refractivity contribution in [3.8, 4) is 0 Å². The Bertz CT molecular complexity index is 1420. The Kier molecular flexibility index (Phi) is 5.60. The largest absolute Gasteiger partial charge is 0.450 e. The van der Waals surface area contributed by atoms with Gasteiger partial charge in [0.25, 0.3) is 11.8 Å². The van der Waals surface area contributed by atoms with Gasteiger partial charge in [0.2, 0.25) is 5.76 Å². The number of ether oxygens (including phenoxy) is 1. The first-order chi connectivity index (χ1) is 16.8. The summed E-state index contributed by atoms with van der Waals surface area (Å²) in [6, 6.07) is 12.6. The SMILES string of the molecule is C=CCN1C(=O)C2(c3ccccc31)c1c(oc3ccc(C)cc3c1=O)C(=O)N2CCCOC(C)C. The Morgan fingerprint density at radius 3 is 2.66 bits per heavy atom. The first-order valence-corrected chi connectivity index (χ1v) is 11.9. The van der Waals surface area contributed by atoms with Gasteiger partial charge in [-0.1, -0.05) is 35.9 Å². The number of benzene rings is 2. The van der Waals surface area contributed by atoms with E-state index in [-0.39, 0.29) is 41.9 Å². The zero-order valence-corrected chi connectivity index (χ0v) is 20.2. The van der Waals surface area contributed by atoms with Crippen LogP contribution < -0.4 is 10.3 Å². The summed E-state index contributed by atoms with van der Waals surface area (Å²) in [7, 11) is 0. The molecule has 35 heavy (non-hydrogen) atoms. The molecule has 5 rings (SSSR count). The van der Waals surface area contributed by atoms with E-state index in [4.69, 9.17) is 9.15 Å². The Labute approximate surface area is 203 Å². The van der Waals surface area contributed by atoms with Crippen LogP contribution >= 0.6 is 0 Å². The molecule has 3 aromatic rings. The van der Waals surface area contributed by atoms with E-state index < -0.39 is 11.4 Å². The second kappa shape index (κ2) is 8.50. The van der Waals surface area contributed by atoms with Crippen molar-refractivity contribution in [1.29, 1.82) is 0 Å². The summed E-state index contributed by atoms with van der Waals surface area (Å²) in [6.07, 6.45) is 2.19. The normalized spacial score (nSPS) is 18.7. The standard InChI is InChI=1S/C28H28N2O5/c1-5-13-29-21-10-7-6-9-20(21)28(27(29)33)23-24(31)19-16-18(4)11-12-22(19)35-25(23)26(32)30(28)14-8-15-34-17(2)3/h5-7,9-12,16-17H,1,8,13-15H2,2-4H3. The molecule has 0 saturated heterocycles. The first kappa shape index (κ1) is 23.1. The van der Waals surface area contributed by atoms with E-state index in [0.29, 0.717) is 35.2 Å². The van der Waals surface area contributed by atoms with Gasteiger partial charge in [-0.2, -0.15) is 0 Å². The number of rotatable bonds is 7. The third-order valence-electron chi connectivity index (χ3n) is 6.68. The fourth-order valence-electron chi connectivity index (χ4n) is 5.26. The number of fused-ring (bicyclic) bond motifs is 5. The summed E-state index contributed by atoms with van der Waals surface area (Å²) >= 11 is 0. The van der Waals surface area contributed by atoms with Crippen LogP contribution in [0.4, 0.5) is 5.69 Å². The van der Waals surface area contributed by atoms with Gasteiger partial charge in [-0.05, 0) is 45.4 Å². The van der Waals surface area contributed by atoms with Crippen molar-refractivity contribution in [3.05, 3.63) is 87.8 Å². The van der Waals surface area contributed by atoms with Crippen LogP contribution in [0.25, 0.3) is 11.0 Å². The summed E-state index contributed by atoms with van der Waals surface area (Å²) in [5.74, 6) is -0.887. The van der Waals surface area contributed by atoms with Crippen LogP contribution in [-0.4, -0.2) is 42.5 Å². The van der Waals surface area contributed by atoms with Crippen molar-refractivity contribution in [2.75, 3.05) is 24.6 Å². The molecule has 2 aliphatic heterocycles. The van der Waals surface area contributed by atoms with E-state index in [9.17, 15) is 14.4 Å². The van der Waals surface area contributed by atoms with Gasteiger partial charge in [0.05, 0.1) is 22.7 Å². The summed E-state index contributed by atoms with van der Waals surface area (Å²) in [4.78, 5) is 45.2. The van der Waals surface area contributed by atoms with Gasteiger partial charge in [0.15, 0.2) is 11.0 Å². The minimum atomic E-state index is -1.59. The Morgan fingerprint density at radius 2 is 1.91 bits per heavy atom. The highest BCUT2D eigenvalue weighted by Gasteiger charge is 2.64. The fraction of sp³-hybridized carbons (Fsp3) is 0.321. The molecule has 1 aromatic heterocycles. The Hall–Kier alpha value is -3.71. The maximum Gasteiger partial charge on any atom is 0.291 e. The predicted molar refractivity (Wildman–Crippen MR) is 134 cm³/mol. The molecule has 2 aromatic carbocycles. The molecule has 0 fully saturated rings. The Morgan fingerprint density at radius 1 is 1.14 bits per heavy atom. The van der Waals surface area contributed by atoms with E-state index in [1.165, 1.54) is 4.90 Å². The zero-order chi connectivity index (χ0) is 24.9. The molecule has 180 valence electrons. The summed E-state index contributed by atoms with van der Waals surface area (Å²) < 4.78 is 11.7. The van der Waals surface area contributed by atoms with Gasteiger partial charge in [-0.3, -0.25) is 14.4 Å². The molecular weight excluding hydrogens is 444 g/mol. The lowest BCUT2D eigenvalue weighted by Crippen LogP contribution is -2.53. The second-order valence-corrected chi connectivity index (χ2v) is 9.30. The lowest BCUT2D eigenvalue weighted by Gasteiger charge is -2.34. The molecule has 2 aliphatic rings. The molecule has 3 heterocycles. The lowest BCUT2D eigenvalue weighted by atomic mass is 9.84. The maximum absolute atomic E-state index is 14.3. The summed E-state index contributed by atoms with van der Waals surface area (Å²) in [5, 5.41) is 0.355. The zero-order valence-electron chi connectivity index (χ0n) is 20.2. The van der Waals surface area contributed by atoms with Crippen molar-refractivity contribution in [2.24, 2.45) is 0 Å². The smallest absolute Gasteiger partial charge is 0.291 e. The molecular formula is C28H28N2O5. The number of para-hydroxylation sites is 1. The second-order valence-electron chi connectivity index (χ2n) is 9.30. The minimum absolute atomic E-state index is 0.0455. The number of amides is 2. The molecule has 0 aliphatic carbocycles. The molecule has 1 spiro atoms. The predicted octanol–water partition coefficient (Wildman–Crippen LogP) is 4.15. The molecule has 0 saturated carbocycles. The van der Waals surface area contributed by atoms with Crippen molar-refractivity contribution < 1.29 is 18.7 Å². The van der Waals surface area contributed by atoms with Gasteiger partial charge < -0.3 is 19.0 Å². The molecule has 7 nitrogen and oxygen atoms in total. The van der Waals surface area contributed by atoms with Crippen molar-refractivity contribution in [3.63, 3.8) is 0 Å². The van der Waals surface area contributed by atoms with E-state index in [2.05, 4.69) is 6.58 Å². The van der Waals surface area contributed by atoms with Crippen molar-refractivity contribution in [1.82, 2.24) is 4.90 Å². The number of hydrogen-bond donors (Lipinski definition) is 0. The number of nitrogens with zero attached hydrogens (tertiary/aromatic N) is 2. The van der Waals surface area contributed by atoms with Crippen LogP contribution in [0.15, 0.2) is 64.3 Å². The van der Waals surface area contributed by atoms with Crippen LogP contribution in [0, 0.1) is 6.92 Å². The monoisotopic (exact) mass is 472 g/mol. The lowest BCUT2D eigenvalue weighted by molar-refractivity contribution is -0.126. The average molecular weight is 473 g/mol. The van der Waals surface area contributed by atoms with E-state index in [1.54, 1.807) is 23.1 Å². The number of hydrogen-bond acceptors (Lipinski definition) is 5. The van der Waals surface area contributed by atoms with Crippen LogP contribution in [0.5, 0.6) is 0 Å². The van der Waals surface area contributed by atoms with Crippen molar-refractivity contribution in [2.45, 2.75) is 38.8 Å². The third-order valence-corrected chi connectivity index (χ3v) is 6.68. The van der Waals surface area contributed by atoms with E-state index >= 15 is 0 Å². The van der Waals surface area contributed by atoms with Gasteiger partial charge in [-0.15, -0.1) is 6.58 Å². The molecule has 2 amide bonds.